The van der Waals surface area contributed by atoms with Crippen molar-refractivity contribution >= 4 is 71.3 Å². The lowest BCUT2D eigenvalue weighted by Gasteiger charge is -2.12. The quantitative estimate of drug-likeness (QED) is 0.156. The van der Waals surface area contributed by atoms with Crippen LogP contribution < -0.4 is 0 Å². The highest BCUT2D eigenvalue weighted by atomic mass is 16.3. The lowest BCUT2D eigenvalue weighted by atomic mass is 9.96. The fourth-order valence-electron chi connectivity index (χ4n) is 6.88. The Morgan fingerprint density at radius 1 is 0.477 bits per heavy atom. The summed E-state index contributed by atoms with van der Waals surface area (Å²) in [5.41, 5.74) is 12.3. The average Bonchev–Trinajstić information content (AvgIpc) is 3.67. The zero-order valence-electron chi connectivity index (χ0n) is 23.5. The number of nitrogens with zero attached hydrogens (tertiary/aromatic N) is 3. The Balaban J connectivity index is 1.23. The van der Waals surface area contributed by atoms with Gasteiger partial charge in [-0.05, 0) is 59.2 Å². The molecular weight excluding hydrogens is 538 g/mol. The Labute approximate surface area is 251 Å². The fraction of sp³-hybridized carbons (Fsp3) is 0. The molecule has 0 atom stereocenters. The van der Waals surface area contributed by atoms with Crippen molar-refractivity contribution in [2.75, 3.05) is 0 Å². The number of aromatic nitrogens is 3. The van der Waals surface area contributed by atoms with Crippen LogP contribution in [0.3, 0.4) is 0 Å². The maximum atomic E-state index is 6.38. The molecule has 0 spiro atoms. The Kier molecular flexibility index (Phi) is 4.69. The van der Waals surface area contributed by atoms with Crippen LogP contribution in [-0.4, -0.2) is 14.4 Å². The summed E-state index contributed by atoms with van der Waals surface area (Å²) in [7, 11) is 0. The van der Waals surface area contributed by atoms with E-state index in [0.29, 0.717) is 0 Å². The van der Waals surface area contributed by atoms with E-state index in [-0.39, 0.29) is 0 Å². The molecule has 0 radical (unpaired) electrons. The summed E-state index contributed by atoms with van der Waals surface area (Å²) in [6.45, 7) is 0. The third-order valence-electron chi connectivity index (χ3n) is 8.93. The van der Waals surface area contributed by atoms with Crippen LogP contribution >= 0.6 is 0 Å². The first kappa shape index (κ1) is 23.6. The van der Waals surface area contributed by atoms with Gasteiger partial charge in [0.2, 0.25) is 0 Å². The van der Waals surface area contributed by atoms with Crippen LogP contribution in [0.25, 0.3) is 93.6 Å². The second kappa shape index (κ2) is 8.76. The van der Waals surface area contributed by atoms with Crippen molar-refractivity contribution in [3.63, 3.8) is 0 Å². The smallest absolute Gasteiger partial charge is 0.147 e. The Morgan fingerprint density at radius 3 is 2.23 bits per heavy atom. The van der Waals surface area contributed by atoms with Gasteiger partial charge in [-0.15, -0.1) is 0 Å². The van der Waals surface area contributed by atoms with E-state index in [0.717, 1.165) is 93.6 Å². The monoisotopic (exact) mass is 561 g/mol. The number of pyridine rings is 2. The number of rotatable bonds is 2. The molecule has 44 heavy (non-hydrogen) atoms. The molecule has 4 aromatic heterocycles. The van der Waals surface area contributed by atoms with Crippen molar-refractivity contribution in [3.8, 4) is 22.3 Å². The predicted molar refractivity (Wildman–Crippen MR) is 181 cm³/mol. The normalized spacial score (nSPS) is 12.1. The van der Waals surface area contributed by atoms with Gasteiger partial charge in [0.25, 0.3) is 0 Å². The molecule has 0 fully saturated rings. The molecule has 4 nitrogen and oxygen atoms in total. The molecule has 0 aliphatic heterocycles. The maximum Gasteiger partial charge on any atom is 0.147 e. The van der Waals surface area contributed by atoms with E-state index in [4.69, 9.17) is 14.4 Å². The predicted octanol–water partition coefficient (Wildman–Crippen LogP) is 10.6. The number of hydrogen-bond donors (Lipinski definition) is 0. The molecule has 10 aromatic rings. The number of imidazole rings is 1. The molecule has 6 aromatic carbocycles. The summed E-state index contributed by atoms with van der Waals surface area (Å²) < 4.78 is 8.67. The molecule has 0 aliphatic rings. The molecule has 4 heteroatoms. The second-order valence-corrected chi connectivity index (χ2v) is 11.4. The Morgan fingerprint density at radius 2 is 1.25 bits per heavy atom. The summed E-state index contributed by atoms with van der Waals surface area (Å²) in [6, 6.07) is 49.0. The zero-order chi connectivity index (χ0) is 28.8. The summed E-state index contributed by atoms with van der Waals surface area (Å²) in [5, 5.41) is 5.55. The zero-order valence-corrected chi connectivity index (χ0v) is 23.5. The SMILES string of the molecule is c1cc(-c2ccc3c4nc5ccccc5cc4c4nc5ccccc5n4c3c2)cc(-c2cccc3c2oc2ccccc23)c1. The highest BCUT2D eigenvalue weighted by molar-refractivity contribution is 6.15. The van der Waals surface area contributed by atoms with E-state index in [9.17, 15) is 0 Å². The number of furan rings is 1. The molecule has 0 aliphatic carbocycles. The van der Waals surface area contributed by atoms with Crippen LogP contribution in [0.15, 0.2) is 144 Å². The first-order chi connectivity index (χ1) is 21.8. The molecule has 0 saturated carbocycles. The van der Waals surface area contributed by atoms with E-state index in [1.54, 1.807) is 0 Å². The second-order valence-electron chi connectivity index (χ2n) is 11.4. The number of fused-ring (bicyclic) bond motifs is 12. The van der Waals surface area contributed by atoms with Crippen molar-refractivity contribution < 1.29 is 4.42 Å². The van der Waals surface area contributed by atoms with Gasteiger partial charge in [0, 0.05) is 32.5 Å². The van der Waals surface area contributed by atoms with Gasteiger partial charge in [-0.3, -0.25) is 4.40 Å². The van der Waals surface area contributed by atoms with E-state index >= 15 is 0 Å². The molecule has 4 heterocycles. The summed E-state index contributed by atoms with van der Waals surface area (Å²) in [4.78, 5) is 10.3. The third-order valence-corrected chi connectivity index (χ3v) is 8.93. The molecule has 0 unspecified atom stereocenters. The minimum atomic E-state index is 0.908. The van der Waals surface area contributed by atoms with Gasteiger partial charge in [0.05, 0.1) is 27.6 Å². The Hall–Kier alpha value is -6.00. The van der Waals surface area contributed by atoms with Gasteiger partial charge in [-0.1, -0.05) is 97.1 Å². The average molecular weight is 562 g/mol. The minimum Gasteiger partial charge on any atom is -0.455 e. The third kappa shape index (κ3) is 3.28. The van der Waals surface area contributed by atoms with Gasteiger partial charge in [-0.25, -0.2) is 9.97 Å². The van der Waals surface area contributed by atoms with Crippen molar-refractivity contribution in [2.24, 2.45) is 0 Å². The topological polar surface area (TPSA) is 43.3 Å². The first-order valence-electron chi connectivity index (χ1n) is 14.8. The van der Waals surface area contributed by atoms with Crippen molar-refractivity contribution in [1.82, 2.24) is 14.4 Å². The molecule has 0 saturated heterocycles. The van der Waals surface area contributed by atoms with Crippen LogP contribution in [0.1, 0.15) is 0 Å². The van der Waals surface area contributed by atoms with Gasteiger partial charge in [-0.2, -0.15) is 0 Å². The highest BCUT2D eigenvalue weighted by Crippen LogP contribution is 2.38. The van der Waals surface area contributed by atoms with E-state index in [1.165, 1.54) is 0 Å². The van der Waals surface area contributed by atoms with Crippen molar-refractivity contribution in [2.45, 2.75) is 0 Å². The van der Waals surface area contributed by atoms with Crippen LogP contribution in [0.5, 0.6) is 0 Å². The van der Waals surface area contributed by atoms with Gasteiger partial charge < -0.3 is 4.42 Å². The van der Waals surface area contributed by atoms with Gasteiger partial charge in [0.1, 0.15) is 16.8 Å². The summed E-state index contributed by atoms with van der Waals surface area (Å²) >= 11 is 0. The largest absolute Gasteiger partial charge is 0.455 e. The fourth-order valence-corrected chi connectivity index (χ4v) is 6.88. The van der Waals surface area contributed by atoms with E-state index < -0.39 is 0 Å². The highest BCUT2D eigenvalue weighted by Gasteiger charge is 2.17. The molecule has 0 amide bonds. The van der Waals surface area contributed by atoms with E-state index in [2.05, 4.69) is 120 Å². The maximum absolute atomic E-state index is 6.38. The van der Waals surface area contributed by atoms with E-state index in [1.807, 2.05) is 24.3 Å². The van der Waals surface area contributed by atoms with Gasteiger partial charge >= 0.3 is 0 Å². The van der Waals surface area contributed by atoms with Crippen LogP contribution in [0.4, 0.5) is 0 Å². The van der Waals surface area contributed by atoms with Crippen LogP contribution in [0.2, 0.25) is 0 Å². The molecule has 0 bridgehead atoms. The molecule has 10 rings (SSSR count). The number of hydrogen-bond acceptors (Lipinski definition) is 3. The number of para-hydroxylation sites is 5. The molecule has 204 valence electrons. The summed E-state index contributed by atoms with van der Waals surface area (Å²) in [6.07, 6.45) is 0. The Bertz CT molecular complexity index is 2790. The molecular formula is C40H23N3O. The minimum absolute atomic E-state index is 0.908. The van der Waals surface area contributed by atoms with Crippen molar-refractivity contribution in [1.29, 1.82) is 0 Å². The van der Waals surface area contributed by atoms with Crippen molar-refractivity contribution in [3.05, 3.63) is 140 Å². The van der Waals surface area contributed by atoms with Crippen LogP contribution in [-0.2, 0) is 0 Å². The lowest BCUT2D eigenvalue weighted by molar-refractivity contribution is 0.670. The number of benzene rings is 6. The lowest BCUT2D eigenvalue weighted by Crippen LogP contribution is -1.94. The van der Waals surface area contributed by atoms with Crippen LogP contribution in [0, 0.1) is 0 Å². The standard InChI is InChI=1S/C40H23N3O/c1-3-15-33-27(9-1)22-32-38(41-33)31-20-19-25(23-36(31)43-35-17-5-4-16-34(35)42-40(32)43)24-10-7-11-26(21-24)28-13-8-14-30-29-12-2-6-18-37(29)44-39(28)30/h1-23H. The molecule has 0 N–H and O–H groups in total. The summed E-state index contributed by atoms with van der Waals surface area (Å²) in [5.74, 6) is 0. The first-order valence-corrected chi connectivity index (χ1v) is 14.8. The van der Waals surface area contributed by atoms with Gasteiger partial charge in [0.15, 0.2) is 0 Å².